The molecule has 0 heterocycles. The van der Waals surface area contributed by atoms with Crippen LogP contribution in [0.2, 0.25) is 0 Å². The van der Waals surface area contributed by atoms with Gasteiger partial charge in [-0.2, -0.15) is 0 Å². The second kappa shape index (κ2) is 57.3. The Bertz CT molecular complexity index is 44.4. The van der Waals surface area contributed by atoms with Gasteiger partial charge in [0, 0.05) is 0 Å². The van der Waals surface area contributed by atoms with Crippen LogP contribution < -0.4 is 0 Å². The maximum absolute atomic E-state index is 8.56. The predicted octanol–water partition coefficient (Wildman–Crippen LogP) is -4.42. The van der Waals surface area contributed by atoms with Gasteiger partial charge in [-0.1, -0.05) is 0 Å². The van der Waals surface area contributed by atoms with Crippen molar-refractivity contribution >= 4 is 46.6 Å². The van der Waals surface area contributed by atoms with Gasteiger partial charge >= 0.3 is 29.2 Å². The minimum Gasteiger partial charge on any atom is -1.00 e. The zero-order valence-electron chi connectivity index (χ0n) is 6.51. The standard InChI is InChI=1S/CH2O3.Al.Mg.4H2O.5H/c2-1(3)4;;;;;;;;;;;/h(H2,2,3,4);;;4*1H2;;;;;/q;;+2;;;;;;;;2*-1. The maximum Gasteiger partial charge on any atom is 2.00 e. The van der Waals surface area contributed by atoms with E-state index in [0.29, 0.717) is 0 Å². The Hall–Kier alpha value is 0.409. The molecule has 0 aromatic heterocycles. The number of carbonyl (C=O) groups is 1. The van der Waals surface area contributed by atoms with Crippen molar-refractivity contribution in [3.8, 4) is 0 Å². The molecule has 0 aromatic carbocycles. The summed E-state index contributed by atoms with van der Waals surface area (Å²) in [6, 6.07) is 0. The fourth-order valence-corrected chi connectivity index (χ4v) is 0. The van der Waals surface area contributed by atoms with E-state index in [4.69, 9.17) is 15.0 Å². The fraction of sp³-hybridized carbons (Fsp3) is 0. The van der Waals surface area contributed by atoms with Crippen LogP contribution in [-0.4, -0.2) is 78.7 Å². The summed E-state index contributed by atoms with van der Waals surface area (Å²) in [6.07, 6.45) is -1.83. The molecule has 0 atom stereocenters. The van der Waals surface area contributed by atoms with Crippen molar-refractivity contribution in [3.63, 3.8) is 0 Å². The molecular formula is CH15AlMgO7. The smallest absolute Gasteiger partial charge is 1.00 e. The van der Waals surface area contributed by atoms with Crippen LogP contribution in [-0.2, 0) is 0 Å². The van der Waals surface area contributed by atoms with Gasteiger partial charge in [-0.3, -0.25) is 0 Å². The van der Waals surface area contributed by atoms with Gasteiger partial charge in [0.15, 0.2) is 17.4 Å². The van der Waals surface area contributed by atoms with E-state index in [-0.39, 0.29) is 65.2 Å². The normalized spacial score (nSPS) is 2.40. The summed E-state index contributed by atoms with van der Waals surface area (Å²) in [5.41, 5.74) is 0. The molecule has 9 heteroatoms. The molecule has 0 saturated carbocycles. The first-order valence-corrected chi connectivity index (χ1v) is 0.651. The van der Waals surface area contributed by atoms with Crippen molar-refractivity contribution < 1.29 is 39.8 Å². The topological polar surface area (TPSA) is 184 Å². The molecule has 0 aliphatic carbocycles. The van der Waals surface area contributed by atoms with Crippen molar-refractivity contribution in [2.75, 3.05) is 0 Å². The van der Waals surface area contributed by atoms with Crippen LogP contribution in [0.15, 0.2) is 0 Å². The van der Waals surface area contributed by atoms with E-state index < -0.39 is 6.16 Å². The molecule has 0 radical (unpaired) electrons. The van der Waals surface area contributed by atoms with Crippen LogP contribution in [0.3, 0.4) is 0 Å². The summed E-state index contributed by atoms with van der Waals surface area (Å²) >= 11 is 0. The summed E-state index contributed by atoms with van der Waals surface area (Å²) in [7, 11) is 0. The second-order valence-electron chi connectivity index (χ2n) is 0.283. The largest absolute Gasteiger partial charge is 2.00 e. The van der Waals surface area contributed by atoms with Crippen LogP contribution in [0, 0.1) is 0 Å². The number of hydrogen-bond donors (Lipinski definition) is 2. The van der Waals surface area contributed by atoms with Gasteiger partial charge < -0.3 is 35.0 Å². The molecule has 7 nitrogen and oxygen atoms in total. The molecule has 0 saturated heterocycles. The number of rotatable bonds is 0. The van der Waals surface area contributed by atoms with E-state index in [9.17, 15) is 0 Å². The zero-order valence-corrected chi connectivity index (χ0v) is 5.92. The van der Waals surface area contributed by atoms with Gasteiger partial charge in [0.25, 0.3) is 0 Å². The molecule has 0 unspecified atom stereocenters. The van der Waals surface area contributed by atoms with Gasteiger partial charge in [-0.05, 0) is 0 Å². The number of carboxylic acid groups (broad SMARTS) is 2. The second-order valence-corrected chi connectivity index (χ2v) is 0.283. The van der Waals surface area contributed by atoms with E-state index in [1.54, 1.807) is 0 Å². The van der Waals surface area contributed by atoms with Gasteiger partial charge in [0.2, 0.25) is 0 Å². The summed E-state index contributed by atoms with van der Waals surface area (Å²) in [5.74, 6) is 0. The summed E-state index contributed by atoms with van der Waals surface area (Å²) in [5, 5.41) is 13.9. The van der Waals surface area contributed by atoms with Gasteiger partial charge in [-0.25, -0.2) is 4.79 Å². The van der Waals surface area contributed by atoms with E-state index >= 15 is 0 Å². The molecule has 0 rings (SSSR count). The van der Waals surface area contributed by atoms with Gasteiger partial charge in [-0.15, -0.1) is 0 Å². The molecule has 10 heavy (non-hydrogen) atoms. The van der Waals surface area contributed by atoms with Crippen LogP contribution >= 0.6 is 0 Å². The Morgan fingerprint density at radius 1 is 1.00 bits per heavy atom. The van der Waals surface area contributed by atoms with Gasteiger partial charge in [0.1, 0.15) is 0 Å². The molecule has 0 aliphatic heterocycles. The minimum atomic E-state index is -1.83. The van der Waals surface area contributed by atoms with Crippen LogP contribution in [0.1, 0.15) is 2.85 Å². The first kappa shape index (κ1) is 79.3. The van der Waals surface area contributed by atoms with Crippen molar-refractivity contribution in [3.05, 3.63) is 0 Å². The molecular weight excluding hydrogens is 175 g/mol. The molecule has 0 spiro atoms. The molecule has 0 fully saturated rings. The first-order chi connectivity index (χ1) is 1.73. The summed E-state index contributed by atoms with van der Waals surface area (Å²) in [6.45, 7) is 0. The Kier molecular flexibility index (Phi) is 454. The summed E-state index contributed by atoms with van der Waals surface area (Å²) < 4.78 is 0. The average Bonchev–Trinajstić information content (AvgIpc) is 0.811. The molecule has 0 amide bonds. The molecule has 0 aromatic rings. The summed E-state index contributed by atoms with van der Waals surface area (Å²) in [4.78, 5) is 8.56. The fourth-order valence-electron chi connectivity index (χ4n) is 0. The molecule has 0 aliphatic rings. The van der Waals surface area contributed by atoms with E-state index in [0.717, 1.165) is 0 Å². The Morgan fingerprint density at radius 2 is 1.00 bits per heavy atom. The Labute approximate surface area is 86.5 Å². The van der Waals surface area contributed by atoms with Crippen LogP contribution in [0.25, 0.3) is 0 Å². The number of hydrogen-bond acceptors (Lipinski definition) is 1. The third kappa shape index (κ3) is 2760. The molecule has 66 valence electrons. The van der Waals surface area contributed by atoms with Crippen molar-refractivity contribution in [2.45, 2.75) is 0 Å². The van der Waals surface area contributed by atoms with Crippen molar-refractivity contribution in [1.29, 1.82) is 0 Å². The monoisotopic (exact) mass is 190 g/mol. The third-order valence-corrected chi connectivity index (χ3v) is 0. The Balaban J connectivity index is -0.00000000161. The van der Waals surface area contributed by atoms with E-state index in [1.807, 2.05) is 0 Å². The van der Waals surface area contributed by atoms with Crippen LogP contribution in [0.4, 0.5) is 4.79 Å². The van der Waals surface area contributed by atoms with Crippen molar-refractivity contribution in [1.82, 2.24) is 0 Å². The first-order valence-electron chi connectivity index (χ1n) is 0.651. The predicted molar refractivity (Wildman–Crippen MR) is 43.0 cm³/mol. The maximum atomic E-state index is 8.56. The third-order valence-electron chi connectivity index (χ3n) is 0. The zero-order chi connectivity index (χ0) is 3.58. The van der Waals surface area contributed by atoms with Crippen molar-refractivity contribution in [2.24, 2.45) is 0 Å². The quantitative estimate of drug-likeness (QED) is 0.366. The minimum absolute atomic E-state index is 0. The van der Waals surface area contributed by atoms with E-state index in [2.05, 4.69) is 0 Å². The average molecular weight is 190 g/mol. The van der Waals surface area contributed by atoms with Gasteiger partial charge in [0.05, 0.1) is 0 Å². The molecule has 10 N–H and O–H groups in total. The Morgan fingerprint density at radius 3 is 1.00 bits per heavy atom. The molecule has 0 bridgehead atoms. The van der Waals surface area contributed by atoms with E-state index in [1.165, 1.54) is 0 Å². The SMILES string of the molecule is O.O.O.O.O=C(O)O.[AlH3].[H-].[H-].[Mg+2]. The van der Waals surface area contributed by atoms with Crippen LogP contribution in [0.5, 0.6) is 0 Å².